The first kappa shape index (κ1) is 31.3. The highest BCUT2D eigenvalue weighted by atomic mass is 35.5. The molecule has 0 radical (unpaired) electrons. The van der Waals surface area contributed by atoms with Crippen LogP contribution in [0.3, 0.4) is 0 Å². The molecule has 0 aliphatic rings. The van der Waals surface area contributed by atoms with Crippen molar-refractivity contribution in [2.24, 2.45) is 0 Å². The smallest absolute Gasteiger partial charge is 0.493 e. The van der Waals surface area contributed by atoms with Crippen molar-refractivity contribution in [1.82, 2.24) is 5.32 Å². The number of hydrogen-bond donors (Lipinski definition) is 1. The van der Waals surface area contributed by atoms with Gasteiger partial charge in [0.15, 0.2) is 23.0 Å². The number of amides is 1. The number of methoxy groups -OCH3 is 2. The Kier molecular flexibility index (Phi) is 11.7. The Labute approximate surface area is 256 Å². The molecule has 0 aliphatic heterocycles. The molecule has 0 atom stereocenters. The average molecular weight is 604 g/mol. The van der Waals surface area contributed by atoms with Crippen molar-refractivity contribution in [3.8, 4) is 23.0 Å². The highest BCUT2D eigenvalue weighted by Crippen LogP contribution is 2.35. The zero-order valence-electron chi connectivity index (χ0n) is 24.1. The third-order valence-corrected chi connectivity index (χ3v) is 6.87. The zero-order valence-corrected chi connectivity index (χ0v) is 24.9. The summed E-state index contributed by atoms with van der Waals surface area (Å²) in [6.07, 6.45) is -0.197. The van der Waals surface area contributed by atoms with Gasteiger partial charge in [0.1, 0.15) is 13.2 Å². The summed E-state index contributed by atoms with van der Waals surface area (Å²) in [5.41, 5.74) is 4.11. The second-order valence-electron chi connectivity index (χ2n) is 9.53. The molecule has 224 valence electrons. The number of rotatable bonds is 14. The Morgan fingerprint density at radius 1 is 0.744 bits per heavy atom. The minimum absolute atomic E-state index is 0.0561. The zero-order chi connectivity index (χ0) is 30.4. The Morgan fingerprint density at radius 2 is 1.42 bits per heavy atom. The van der Waals surface area contributed by atoms with Gasteiger partial charge in [0.05, 0.1) is 26.5 Å². The lowest BCUT2D eigenvalue weighted by Gasteiger charge is -2.16. The summed E-state index contributed by atoms with van der Waals surface area (Å²) in [4.78, 5) is 25.1. The van der Waals surface area contributed by atoms with Gasteiger partial charge in [0, 0.05) is 12.1 Å². The van der Waals surface area contributed by atoms with Crippen LogP contribution in [0, 0.1) is 0 Å². The molecule has 8 nitrogen and oxygen atoms in total. The fraction of sp³-hybridized carbons (Fsp3) is 0.235. The second-order valence-corrected chi connectivity index (χ2v) is 9.80. The lowest BCUT2D eigenvalue weighted by molar-refractivity contribution is -0.120. The molecule has 0 heterocycles. The van der Waals surface area contributed by atoms with Crippen LogP contribution in [0.5, 0.6) is 23.0 Å². The monoisotopic (exact) mass is 603 g/mol. The first-order chi connectivity index (χ1) is 21.0. The minimum Gasteiger partial charge on any atom is -0.493 e. The Morgan fingerprint density at radius 3 is 2.07 bits per heavy atom. The van der Waals surface area contributed by atoms with Crippen LogP contribution in [-0.4, -0.2) is 32.8 Å². The molecule has 0 saturated heterocycles. The number of nitrogens with one attached hydrogen (secondary N) is 1. The van der Waals surface area contributed by atoms with Gasteiger partial charge in [-0.05, 0) is 46.9 Å². The summed E-state index contributed by atoms with van der Waals surface area (Å²) in [5.74, 6) is 1.59. The molecule has 0 fully saturated rings. The summed E-state index contributed by atoms with van der Waals surface area (Å²) in [6, 6.07) is 28.2. The topological polar surface area (TPSA) is 92.3 Å². The molecule has 4 aromatic rings. The molecule has 0 spiro atoms. The van der Waals surface area contributed by atoms with Crippen molar-refractivity contribution in [2.45, 2.75) is 31.9 Å². The molecule has 0 aromatic heterocycles. The summed E-state index contributed by atoms with van der Waals surface area (Å²) >= 11 is 6.23. The van der Waals surface area contributed by atoms with Crippen molar-refractivity contribution in [2.75, 3.05) is 20.8 Å². The molecular formula is C34H34ClNO7. The number of halogens is 1. The molecule has 0 saturated carbocycles. The first-order valence-electron chi connectivity index (χ1n) is 13.7. The number of hydrogen-bond acceptors (Lipinski definition) is 7. The third kappa shape index (κ3) is 9.15. The Bertz CT molecular complexity index is 1500. The molecule has 4 aromatic carbocycles. The van der Waals surface area contributed by atoms with Crippen LogP contribution < -0.4 is 24.3 Å². The molecule has 0 aliphatic carbocycles. The van der Waals surface area contributed by atoms with E-state index < -0.39 is 6.16 Å². The van der Waals surface area contributed by atoms with E-state index in [4.69, 9.17) is 35.3 Å². The number of alkyl halides is 1. The van der Waals surface area contributed by atoms with E-state index in [0.29, 0.717) is 42.2 Å². The maximum Gasteiger partial charge on any atom is 0.514 e. The van der Waals surface area contributed by atoms with Gasteiger partial charge in [0.25, 0.3) is 0 Å². The summed E-state index contributed by atoms with van der Waals surface area (Å²) in [5, 5.41) is 2.95. The predicted octanol–water partition coefficient (Wildman–Crippen LogP) is 6.64. The van der Waals surface area contributed by atoms with Crippen LogP contribution in [0.4, 0.5) is 4.79 Å². The molecule has 1 N–H and O–H groups in total. The van der Waals surface area contributed by atoms with E-state index in [1.807, 2.05) is 78.9 Å². The fourth-order valence-electron chi connectivity index (χ4n) is 4.40. The van der Waals surface area contributed by atoms with E-state index >= 15 is 0 Å². The van der Waals surface area contributed by atoms with E-state index in [2.05, 4.69) is 5.32 Å². The third-order valence-electron chi connectivity index (χ3n) is 6.60. The maximum absolute atomic E-state index is 12.8. The highest BCUT2D eigenvalue weighted by Gasteiger charge is 2.19. The number of benzene rings is 4. The molecule has 0 bridgehead atoms. The largest absolute Gasteiger partial charge is 0.514 e. The van der Waals surface area contributed by atoms with Crippen LogP contribution in [0.2, 0.25) is 0 Å². The van der Waals surface area contributed by atoms with Gasteiger partial charge in [-0.3, -0.25) is 4.79 Å². The van der Waals surface area contributed by atoms with Gasteiger partial charge in [-0.1, -0.05) is 72.8 Å². The van der Waals surface area contributed by atoms with E-state index in [0.717, 1.165) is 16.7 Å². The van der Waals surface area contributed by atoms with E-state index in [9.17, 15) is 9.59 Å². The maximum atomic E-state index is 12.8. The fourth-order valence-corrected chi connectivity index (χ4v) is 4.70. The van der Waals surface area contributed by atoms with Crippen LogP contribution in [0.1, 0.15) is 27.8 Å². The standard InChI is InChI=1S/C34H34ClNO7/c1-39-31-19-24(13-15-29(31)41-22-25-9-5-3-6-10-25)17-18-36-32(37)20-27-14-16-30(33(40-2)28(27)21-35)43-34(38)42-23-26-11-7-4-8-12-26/h3-16,19H,17-18,20-23H2,1-2H3,(H,36,37). The van der Waals surface area contributed by atoms with Gasteiger partial charge < -0.3 is 29.0 Å². The highest BCUT2D eigenvalue weighted by molar-refractivity contribution is 6.17. The van der Waals surface area contributed by atoms with Crippen molar-refractivity contribution in [3.63, 3.8) is 0 Å². The Hall–Kier alpha value is -4.69. The van der Waals surface area contributed by atoms with Crippen molar-refractivity contribution in [3.05, 3.63) is 119 Å². The molecular weight excluding hydrogens is 570 g/mol. The van der Waals surface area contributed by atoms with E-state index in [1.165, 1.54) is 7.11 Å². The summed E-state index contributed by atoms with van der Waals surface area (Å²) in [7, 11) is 3.05. The summed E-state index contributed by atoms with van der Waals surface area (Å²) in [6.45, 7) is 0.933. The van der Waals surface area contributed by atoms with Crippen molar-refractivity contribution in [1.29, 1.82) is 0 Å². The Balaban J connectivity index is 1.30. The lowest BCUT2D eigenvalue weighted by Crippen LogP contribution is -2.27. The quantitative estimate of drug-likeness (QED) is 0.0981. The molecule has 43 heavy (non-hydrogen) atoms. The second kappa shape index (κ2) is 16.1. The van der Waals surface area contributed by atoms with E-state index in [1.54, 1.807) is 19.2 Å². The van der Waals surface area contributed by atoms with E-state index in [-0.39, 0.29) is 36.3 Å². The lowest BCUT2D eigenvalue weighted by atomic mass is 10.0. The van der Waals surface area contributed by atoms with Crippen molar-refractivity contribution < 1.29 is 33.3 Å². The van der Waals surface area contributed by atoms with Crippen LogP contribution in [0.15, 0.2) is 91.0 Å². The number of carbonyl (C=O) groups is 2. The molecule has 0 unspecified atom stereocenters. The predicted molar refractivity (Wildman–Crippen MR) is 164 cm³/mol. The normalized spacial score (nSPS) is 10.5. The SMILES string of the molecule is COc1cc(CCNC(=O)Cc2ccc(OC(=O)OCc3ccccc3)c(OC)c2CCl)ccc1OCc1ccccc1. The van der Waals surface area contributed by atoms with Gasteiger partial charge in [-0.15, -0.1) is 11.6 Å². The van der Waals surface area contributed by atoms with Gasteiger partial charge in [0.2, 0.25) is 5.91 Å². The van der Waals surface area contributed by atoms with Crippen LogP contribution in [0.25, 0.3) is 0 Å². The number of carbonyl (C=O) groups excluding carboxylic acids is 2. The van der Waals surface area contributed by atoms with Crippen molar-refractivity contribution >= 4 is 23.7 Å². The average Bonchev–Trinajstić information content (AvgIpc) is 3.04. The number of ether oxygens (including phenoxy) is 5. The first-order valence-corrected chi connectivity index (χ1v) is 14.3. The van der Waals surface area contributed by atoms with Gasteiger partial charge in [-0.25, -0.2) is 4.79 Å². The molecule has 9 heteroatoms. The molecule has 1 amide bonds. The molecule has 4 rings (SSSR count). The van der Waals surface area contributed by atoms with Crippen LogP contribution in [-0.2, 0) is 41.5 Å². The van der Waals surface area contributed by atoms with Gasteiger partial charge >= 0.3 is 6.16 Å². The minimum atomic E-state index is -0.874. The van der Waals surface area contributed by atoms with Gasteiger partial charge in [-0.2, -0.15) is 0 Å². The summed E-state index contributed by atoms with van der Waals surface area (Å²) < 4.78 is 27.5. The van der Waals surface area contributed by atoms with Crippen LogP contribution >= 0.6 is 11.6 Å².